The number of halogens is 2. The Morgan fingerprint density at radius 3 is 2.21 bits per heavy atom. The zero-order chi connectivity index (χ0) is 16.9. The summed E-state index contributed by atoms with van der Waals surface area (Å²) in [5, 5.41) is 1.23. The van der Waals surface area contributed by atoms with Crippen LogP contribution in [0.3, 0.4) is 0 Å². The first kappa shape index (κ1) is 16.6. The fraction of sp³-hybridized carbons (Fsp3) is 0.0500. The summed E-state index contributed by atoms with van der Waals surface area (Å²) in [6, 6.07) is 20.4. The molecule has 0 unspecified atom stereocenters. The van der Waals surface area contributed by atoms with Crippen LogP contribution in [0.1, 0.15) is 15.9 Å². The van der Waals surface area contributed by atoms with E-state index in [-0.39, 0.29) is 0 Å². The average molecular weight is 357 g/mol. The average Bonchev–Trinajstić information content (AvgIpc) is 2.61. The van der Waals surface area contributed by atoms with Crippen molar-refractivity contribution < 1.29 is 9.53 Å². The van der Waals surface area contributed by atoms with Gasteiger partial charge in [0, 0.05) is 21.2 Å². The van der Waals surface area contributed by atoms with Crippen molar-refractivity contribution in [2.45, 2.75) is 6.61 Å². The molecule has 0 aliphatic carbocycles. The minimum absolute atomic E-state index is 0.413. The van der Waals surface area contributed by atoms with Crippen LogP contribution >= 0.6 is 23.2 Å². The van der Waals surface area contributed by atoms with E-state index in [1.807, 2.05) is 42.5 Å². The highest BCUT2D eigenvalue weighted by atomic mass is 35.5. The Labute approximate surface area is 150 Å². The monoisotopic (exact) mass is 356 g/mol. The van der Waals surface area contributed by atoms with Crippen LogP contribution in [0.2, 0.25) is 10.0 Å². The highest BCUT2D eigenvalue weighted by Gasteiger charge is 2.08. The van der Waals surface area contributed by atoms with Gasteiger partial charge in [-0.05, 0) is 53.6 Å². The van der Waals surface area contributed by atoms with Crippen molar-refractivity contribution in [1.29, 1.82) is 0 Å². The molecule has 0 aliphatic heterocycles. The van der Waals surface area contributed by atoms with Gasteiger partial charge in [0.15, 0.2) is 0 Å². The van der Waals surface area contributed by atoms with Crippen LogP contribution in [0, 0.1) is 0 Å². The smallest absolute Gasteiger partial charge is 0.150 e. The number of rotatable bonds is 5. The molecule has 24 heavy (non-hydrogen) atoms. The fourth-order valence-electron chi connectivity index (χ4n) is 2.40. The minimum atomic E-state index is 0.413. The molecule has 0 fully saturated rings. The highest BCUT2D eigenvalue weighted by molar-refractivity contribution is 6.39. The molecule has 0 atom stereocenters. The standard InChI is InChI=1S/C20H14Cl2O2/c21-18-5-2-6-19(22)20(18)16-4-1-3-15(11-16)13-24-17-9-7-14(12-23)8-10-17/h1-12H,13H2. The summed E-state index contributed by atoms with van der Waals surface area (Å²) in [6.45, 7) is 0.413. The maximum Gasteiger partial charge on any atom is 0.150 e. The van der Waals surface area contributed by atoms with E-state index < -0.39 is 0 Å². The summed E-state index contributed by atoms with van der Waals surface area (Å²) < 4.78 is 5.76. The van der Waals surface area contributed by atoms with Crippen molar-refractivity contribution >= 4 is 29.5 Å². The van der Waals surface area contributed by atoms with Crippen molar-refractivity contribution in [1.82, 2.24) is 0 Å². The molecule has 0 saturated carbocycles. The molecule has 0 bridgehead atoms. The molecule has 3 aromatic carbocycles. The molecule has 0 heterocycles. The van der Waals surface area contributed by atoms with Crippen molar-refractivity contribution in [3.05, 3.63) is 87.9 Å². The van der Waals surface area contributed by atoms with Crippen LogP contribution < -0.4 is 4.74 Å². The molecule has 3 rings (SSSR count). The van der Waals surface area contributed by atoms with Crippen molar-refractivity contribution in [2.24, 2.45) is 0 Å². The predicted molar refractivity (Wildman–Crippen MR) is 98.1 cm³/mol. The van der Waals surface area contributed by atoms with E-state index >= 15 is 0 Å². The number of hydrogen-bond donors (Lipinski definition) is 0. The van der Waals surface area contributed by atoms with E-state index in [9.17, 15) is 4.79 Å². The number of carbonyl (C=O) groups excluding carboxylic acids is 1. The summed E-state index contributed by atoms with van der Waals surface area (Å²) in [5.41, 5.74) is 3.39. The quantitative estimate of drug-likeness (QED) is 0.520. The molecule has 120 valence electrons. The lowest BCUT2D eigenvalue weighted by atomic mass is 10.0. The first-order valence-electron chi connectivity index (χ1n) is 7.39. The Morgan fingerprint density at radius 2 is 1.54 bits per heavy atom. The molecule has 2 nitrogen and oxygen atoms in total. The Morgan fingerprint density at radius 1 is 0.875 bits per heavy atom. The van der Waals surface area contributed by atoms with Gasteiger partial charge in [0.1, 0.15) is 18.6 Å². The van der Waals surface area contributed by atoms with Crippen LogP contribution in [-0.4, -0.2) is 6.29 Å². The van der Waals surface area contributed by atoms with Crippen LogP contribution in [0.25, 0.3) is 11.1 Å². The molecule has 0 aromatic heterocycles. The maximum atomic E-state index is 10.7. The molecule has 0 aliphatic rings. The van der Waals surface area contributed by atoms with Crippen molar-refractivity contribution in [3.63, 3.8) is 0 Å². The summed E-state index contributed by atoms with van der Waals surface area (Å²) in [4.78, 5) is 10.7. The lowest BCUT2D eigenvalue weighted by Gasteiger charge is -2.10. The van der Waals surface area contributed by atoms with Crippen LogP contribution in [0.5, 0.6) is 5.75 Å². The van der Waals surface area contributed by atoms with E-state index in [1.165, 1.54) is 0 Å². The van der Waals surface area contributed by atoms with Gasteiger partial charge < -0.3 is 4.74 Å². The first-order chi connectivity index (χ1) is 11.7. The van der Waals surface area contributed by atoms with Gasteiger partial charge in [-0.15, -0.1) is 0 Å². The van der Waals surface area contributed by atoms with Gasteiger partial charge in [0.2, 0.25) is 0 Å². The summed E-state index contributed by atoms with van der Waals surface area (Å²) in [5.74, 6) is 0.710. The molecule has 0 spiro atoms. The zero-order valence-electron chi connectivity index (χ0n) is 12.7. The molecular formula is C20H14Cl2O2. The molecule has 4 heteroatoms. The van der Waals surface area contributed by atoms with E-state index in [0.717, 1.165) is 23.0 Å². The zero-order valence-corrected chi connectivity index (χ0v) is 14.2. The highest BCUT2D eigenvalue weighted by Crippen LogP contribution is 2.34. The lowest BCUT2D eigenvalue weighted by molar-refractivity contribution is 0.112. The molecular weight excluding hydrogens is 343 g/mol. The van der Waals surface area contributed by atoms with Gasteiger partial charge in [-0.1, -0.05) is 47.5 Å². The molecule has 0 amide bonds. The third-order valence-electron chi connectivity index (χ3n) is 3.60. The Bertz CT molecular complexity index is 838. The third-order valence-corrected chi connectivity index (χ3v) is 4.23. The van der Waals surface area contributed by atoms with E-state index in [4.69, 9.17) is 27.9 Å². The predicted octanol–water partition coefficient (Wildman–Crippen LogP) is 6.05. The number of hydrogen-bond acceptors (Lipinski definition) is 2. The molecule has 3 aromatic rings. The van der Waals surface area contributed by atoms with Gasteiger partial charge in [0.05, 0.1) is 0 Å². The number of benzene rings is 3. The second-order valence-corrected chi connectivity index (χ2v) is 6.09. The van der Waals surface area contributed by atoms with E-state index in [1.54, 1.807) is 24.3 Å². The topological polar surface area (TPSA) is 26.3 Å². The largest absolute Gasteiger partial charge is 0.489 e. The lowest BCUT2D eigenvalue weighted by Crippen LogP contribution is -1.96. The SMILES string of the molecule is O=Cc1ccc(OCc2cccc(-c3c(Cl)cccc3Cl)c2)cc1. The summed E-state index contributed by atoms with van der Waals surface area (Å²) >= 11 is 12.5. The van der Waals surface area contributed by atoms with Crippen LogP contribution in [0.4, 0.5) is 0 Å². The second-order valence-electron chi connectivity index (χ2n) is 5.27. The number of aldehydes is 1. The van der Waals surface area contributed by atoms with Gasteiger partial charge in [0.25, 0.3) is 0 Å². The molecule has 0 radical (unpaired) electrons. The fourth-order valence-corrected chi connectivity index (χ4v) is 3.02. The minimum Gasteiger partial charge on any atom is -0.489 e. The van der Waals surface area contributed by atoms with Gasteiger partial charge in [-0.25, -0.2) is 0 Å². The molecule has 0 N–H and O–H groups in total. The Balaban J connectivity index is 1.79. The van der Waals surface area contributed by atoms with E-state index in [0.29, 0.717) is 28.0 Å². The van der Waals surface area contributed by atoms with Crippen LogP contribution in [-0.2, 0) is 6.61 Å². The third kappa shape index (κ3) is 3.78. The van der Waals surface area contributed by atoms with Gasteiger partial charge >= 0.3 is 0 Å². The summed E-state index contributed by atoms with van der Waals surface area (Å²) in [6.07, 6.45) is 0.806. The number of carbonyl (C=O) groups is 1. The number of ether oxygens (including phenoxy) is 1. The normalized spacial score (nSPS) is 10.4. The Kier molecular flexibility index (Phi) is 5.19. The maximum absolute atomic E-state index is 10.7. The van der Waals surface area contributed by atoms with Crippen molar-refractivity contribution in [2.75, 3.05) is 0 Å². The van der Waals surface area contributed by atoms with Gasteiger partial charge in [-0.3, -0.25) is 4.79 Å². The second kappa shape index (κ2) is 7.52. The van der Waals surface area contributed by atoms with Crippen LogP contribution in [0.15, 0.2) is 66.7 Å². The Hall–Kier alpha value is -2.29. The first-order valence-corrected chi connectivity index (χ1v) is 8.14. The van der Waals surface area contributed by atoms with Gasteiger partial charge in [-0.2, -0.15) is 0 Å². The van der Waals surface area contributed by atoms with Crippen molar-refractivity contribution in [3.8, 4) is 16.9 Å². The van der Waals surface area contributed by atoms with E-state index in [2.05, 4.69) is 0 Å². The summed E-state index contributed by atoms with van der Waals surface area (Å²) in [7, 11) is 0. The molecule has 0 saturated heterocycles.